The summed E-state index contributed by atoms with van der Waals surface area (Å²) in [7, 11) is 1.43. The molecule has 2 aromatic carbocycles. The van der Waals surface area contributed by atoms with Crippen molar-refractivity contribution in [3.63, 3.8) is 0 Å². The summed E-state index contributed by atoms with van der Waals surface area (Å²) < 4.78 is 41.5. The summed E-state index contributed by atoms with van der Waals surface area (Å²) in [6.07, 6.45) is -7.87. The summed E-state index contributed by atoms with van der Waals surface area (Å²) >= 11 is 0. The van der Waals surface area contributed by atoms with Crippen LogP contribution >= 0.6 is 0 Å². The highest BCUT2D eigenvalue weighted by Crippen LogP contribution is 2.81. The van der Waals surface area contributed by atoms with E-state index < -0.39 is 71.3 Å². The Kier molecular flexibility index (Phi) is 7.01. The molecule has 5 N–H and O–H groups in total. The molecule has 0 aromatic heterocycles. The number of phenolic OH excluding ortho intramolecular Hbond substituents is 1. The number of rotatable bonds is 10. The van der Waals surface area contributed by atoms with Crippen molar-refractivity contribution in [2.75, 3.05) is 20.3 Å². The summed E-state index contributed by atoms with van der Waals surface area (Å²) in [6.45, 7) is 1.50. The second kappa shape index (κ2) is 10.3. The molecule has 3 aliphatic carbocycles. The monoisotopic (exact) mass is 616 g/mol. The Balaban J connectivity index is 1.10. The molecule has 13 heteroatoms. The molecule has 4 aliphatic heterocycles. The Morgan fingerprint density at radius 3 is 2.57 bits per heavy atom. The molecule has 2 aromatic rings. The molecule has 7 fully saturated rings. The molecular formula is C31H36O13. The molecule has 0 spiro atoms. The summed E-state index contributed by atoms with van der Waals surface area (Å²) in [5.74, 6) is -2.30. The van der Waals surface area contributed by atoms with Gasteiger partial charge in [-0.25, -0.2) is 4.79 Å². The maximum absolute atomic E-state index is 12.9. The van der Waals surface area contributed by atoms with Gasteiger partial charge in [0.25, 0.3) is 0 Å². The third kappa shape index (κ3) is 4.08. The molecule has 0 amide bonds. The van der Waals surface area contributed by atoms with Gasteiger partial charge in [0.1, 0.15) is 42.2 Å². The quantitative estimate of drug-likeness (QED) is 0.234. The number of esters is 1. The fourth-order valence-electron chi connectivity index (χ4n) is 7.97. The number of hydrogen-bond donors (Lipinski definition) is 5. The van der Waals surface area contributed by atoms with E-state index in [1.54, 1.807) is 49.4 Å². The molecule has 11 unspecified atom stereocenters. The van der Waals surface area contributed by atoms with E-state index in [1.807, 2.05) is 0 Å². The van der Waals surface area contributed by atoms with Crippen molar-refractivity contribution >= 4 is 5.97 Å². The van der Waals surface area contributed by atoms with Gasteiger partial charge >= 0.3 is 5.97 Å². The number of carbonyl (C=O) groups excluding carboxylic acids is 1. The van der Waals surface area contributed by atoms with Crippen LogP contribution in [0, 0.1) is 11.3 Å². The minimum absolute atomic E-state index is 0.0195. The number of methoxy groups -OCH3 is 1. The lowest BCUT2D eigenvalue weighted by Crippen LogP contribution is -2.80. The predicted octanol–water partition coefficient (Wildman–Crippen LogP) is 0.581. The largest absolute Gasteiger partial charge is 0.504 e. The van der Waals surface area contributed by atoms with Gasteiger partial charge in [0.15, 0.2) is 29.9 Å². The van der Waals surface area contributed by atoms with E-state index in [4.69, 9.17) is 33.2 Å². The Bertz CT molecular complexity index is 1420. The highest BCUT2D eigenvalue weighted by molar-refractivity contribution is 5.89. The van der Waals surface area contributed by atoms with Gasteiger partial charge in [-0.15, -0.1) is 0 Å². The van der Waals surface area contributed by atoms with Gasteiger partial charge in [0.2, 0.25) is 0 Å². The van der Waals surface area contributed by atoms with E-state index in [2.05, 4.69) is 0 Å². The number of hydrogen-bond acceptors (Lipinski definition) is 13. The van der Waals surface area contributed by atoms with Gasteiger partial charge in [-0.1, -0.05) is 24.3 Å². The lowest BCUT2D eigenvalue weighted by Gasteiger charge is -2.67. The van der Waals surface area contributed by atoms with Crippen LogP contribution in [0.5, 0.6) is 11.5 Å². The zero-order valence-corrected chi connectivity index (χ0v) is 24.2. The average molecular weight is 617 g/mol. The maximum Gasteiger partial charge on any atom is 0.338 e. The Labute approximate surface area is 252 Å². The third-order valence-electron chi connectivity index (χ3n) is 10.2. The second-order valence-electron chi connectivity index (χ2n) is 12.5. The molecule has 7 aliphatic rings. The van der Waals surface area contributed by atoms with Crippen LogP contribution in [-0.2, 0) is 35.0 Å². The number of aliphatic hydroxyl groups excluding tert-OH is 3. The predicted molar refractivity (Wildman–Crippen MR) is 146 cm³/mol. The van der Waals surface area contributed by atoms with Crippen LogP contribution in [-0.4, -0.2) is 106 Å². The van der Waals surface area contributed by atoms with Crippen molar-refractivity contribution in [1.29, 1.82) is 0 Å². The van der Waals surface area contributed by atoms with E-state index in [1.165, 1.54) is 13.2 Å². The van der Waals surface area contributed by atoms with Crippen LogP contribution in [0.4, 0.5) is 0 Å². The summed E-state index contributed by atoms with van der Waals surface area (Å²) in [4.78, 5) is 12.9. The van der Waals surface area contributed by atoms with Crippen LogP contribution < -0.4 is 4.74 Å². The number of benzene rings is 2. The Morgan fingerprint density at radius 2 is 1.82 bits per heavy atom. The smallest absolute Gasteiger partial charge is 0.338 e. The zero-order valence-electron chi connectivity index (χ0n) is 24.2. The third-order valence-corrected chi connectivity index (χ3v) is 10.2. The summed E-state index contributed by atoms with van der Waals surface area (Å²) in [6, 6.07) is 13.2. The number of aliphatic hydroxyl groups is 4. The van der Waals surface area contributed by atoms with Crippen LogP contribution in [0.3, 0.4) is 0 Å². The lowest BCUT2D eigenvalue weighted by atomic mass is 9.41. The van der Waals surface area contributed by atoms with Gasteiger partial charge in [0, 0.05) is 12.3 Å². The van der Waals surface area contributed by atoms with E-state index in [9.17, 15) is 30.3 Å². The number of carbonyl (C=O) groups is 1. The molecule has 9 rings (SSSR count). The van der Waals surface area contributed by atoms with E-state index >= 15 is 0 Å². The molecule has 11 atom stereocenters. The van der Waals surface area contributed by atoms with Crippen molar-refractivity contribution in [3.8, 4) is 11.5 Å². The SMILES string of the molecule is COc1cc(COCC2OC(OC34CC5C6(O)CC3(C)OC(O6)C54COC(=O)c3ccccc3)C(O)C(O)C2O)ccc1O. The van der Waals surface area contributed by atoms with Gasteiger partial charge in [-0.2, -0.15) is 0 Å². The normalized spacial score (nSPS) is 43.1. The van der Waals surface area contributed by atoms with Gasteiger partial charge in [0.05, 0.1) is 31.3 Å². The highest BCUT2D eigenvalue weighted by atomic mass is 16.8. The van der Waals surface area contributed by atoms with Crippen molar-refractivity contribution < 1.29 is 63.5 Å². The Morgan fingerprint density at radius 1 is 1.05 bits per heavy atom. The first-order valence-corrected chi connectivity index (χ1v) is 14.6. The first kappa shape index (κ1) is 29.8. The van der Waals surface area contributed by atoms with Gasteiger partial charge < -0.3 is 58.7 Å². The molecule has 44 heavy (non-hydrogen) atoms. The maximum atomic E-state index is 12.9. The van der Waals surface area contributed by atoms with Crippen molar-refractivity contribution in [2.24, 2.45) is 11.3 Å². The fourth-order valence-corrected chi connectivity index (χ4v) is 7.97. The minimum atomic E-state index is -1.64. The summed E-state index contributed by atoms with van der Waals surface area (Å²) in [5, 5.41) is 53.7. The fraction of sp³-hybridized carbons (Fsp3) is 0.581. The van der Waals surface area contributed by atoms with Crippen LogP contribution in [0.1, 0.15) is 35.7 Å². The molecule has 6 bridgehead atoms. The highest BCUT2D eigenvalue weighted by Gasteiger charge is 2.94. The molecule has 3 saturated carbocycles. The molecule has 13 nitrogen and oxygen atoms in total. The van der Waals surface area contributed by atoms with E-state index in [0.717, 1.165) is 0 Å². The number of ether oxygens (including phenoxy) is 7. The molecular weight excluding hydrogens is 580 g/mol. The van der Waals surface area contributed by atoms with Crippen molar-refractivity contribution in [1.82, 2.24) is 0 Å². The molecule has 0 radical (unpaired) electrons. The molecule has 4 heterocycles. The van der Waals surface area contributed by atoms with Gasteiger partial charge in [-0.05, 0) is 43.2 Å². The summed E-state index contributed by atoms with van der Waals surface area (Å²) in [5.41, 5.74) is -2.41. The Hall–Kier alpha value is -2.85. The van der Waals surface area contributed by atoms with Gasteiger partial charge in [-0.3, -0.25) is 0 Å². The molecule has 4 saturated heterocycles. The van der Waals surface area contributed by atoms with Crippen LogP contribution in [0.25, 0.3) is 0 Å². The van der Waals surface area contributed by atoms with Crippen molar-refractivity contribution in [2.45, 2.75) is 80.4 Å². The average Bonchev–Trinajstić information content (AvgIpc) is 3.20. The lowest BCUT2D eigenvalue weighted by molar-refractivity contribution is -0.424. The second-order valence-corrected chi connectivity index (χ2v) is 12.5. The van der Waals surface area contributed by atoms with Crippen molar-refractivity contribution in [3.05, 3.63) is 59.7 Å². The number of phenols is 1. The first-order valence-electron chi connectivity index (χ1n) is 14.6. The first-order chi connectivity index (χ1) is 21.0. The minimum Gasteiger partial charge on any atom is -0.504 e. The van der Waals surface area contributed by atoms with E-state index in [0.29, 0.717) is 11.1 Å². The zero-order chi connectivity index (χ0) is 31.1. The van der Waals surface area contributed by atoms with Crippen LogP contribution in [0.2, 0.25) is 0 Å². The standard InChI is InChI=1S/C31H36O13/c1-28-14-30(37)21-11-31(28,29(21,27(43-28)44-30)15-40-25(36)17-6-4-3-5-7-17)42-26-24(35)23(34)22(33)20(41-26)13-39-12-16-8-9-18(32)19(10-16)38-2/h3-10,20-24,26-27,32-35,37H,11-15H2,1-2H3. The van der Waals surface area contributed by atoms with E-state index in [-0.39, 0.29) is 44.2 Å². The van der Waals surface area contributed by atoms with Crippen LogP contribution in [0.15, 0.2) is 48.5 Å². The topological polar surface area (TPSA) is 183 Å². The molecule has 238 valence electrons. The number of aromatic hydroxyl groups is 1.